The minimum absolute atomic E-state index is 0.888. The lowest BCUT2D eigenvalue weighted by Crippen LogP contribution is -1.98. The fourth-order valence-electron chi connectivity index (χ4n) is 2.29. The first kappa shape index (κ1) is 17.7. The Morgan fingerprint density at radius 2 is 1.12 bits per heavy atom. The Kier molecular flexibility index (Phi) is 15.4. The summed E-state index contributed by atoms with van der Waals surface area (Å²) in [5.74, 6) is 0.888. The maximum Gasteiger partial charge on any atom is 0.0258 e. The Morgan fingerprint density at radius 1 is 0.706 bits per heavy atom. The summed E-state index contributed by atoms with van der Waals surface area (Å²) in [5.41, 5.74) is 0. The van der Waals surface area contributed by atoms with E-state index in [4.69, 9.17) is 0 Å². The van der Waals surface area contributed by atoms with Crippen molar-refractivity contribution in [2.75, 3.05) is 0 Å². The van der Waals surface area contributed by atoms with Gasteiger partial charge in [-0.3, -0.25) is 0 Å². The van der Waals surface area contributed by atoms with E-state index in [1.54, 1.807) is 0 Å². The molecule has 0 aliphatic carbocycles. The van der Waals surface area contributed by atoms with Crippen LogP contribution in [0.4, 0.5) is 0 Å². The van der Waals surface area contributed by atoms with Crippen LogP contribution in [0.1, 0.15) is 90.9 Å². The number of halogens is 1. The zero-order chi connectivity index (χ0) is 12.8. The molecule has 0 rings (SSSR count). The van der Waals surface area contributed by atoms with Crippen molar-refractivity contribution in [3.8, 4) is 0 Å². The van der Waals surface area contributed by atoms with Crippen molar-refractivity contribution in [3.05, 3.63) is 4.43 Å². The monoisotopic (exact) mass is 351 g/mol. The average molecular weight is 351 g/mol. The van der Waals surface area contributed by atoms with Gasteiger partial charge in [-0.1, -0.05) is 101 Å². The Bertz CT molecular complexity index is 133. The second-order valence-electron chi connectivity index (χ2n) is 5.29. The number of hydrogen-bond acceptors (Lipinski definition) is 0. The normalized spacial score (nSPS) is 12.9. The molecule has 0 nitrogen and oxygen atoms in total. The molecule has 0 saturated heterocycles. The van der Waals surface area contributed by atoms with Crippen molar-refractivity contribution in [2.24, 2.45) is 5.92 Å². The highest BCUT2D eigenvalue weighted by atomic mass is 127. The predicted octanol–water partition coefficient (Wildman–Crippen LogP) is 6.92. The number of unbranched alkanes of at least 4 members (excludes halogenated alkanes) is 8. The molecule has 0 aliphatic rings. The fourth-order valence-corrected chi connectivity index (χ4v) is 3.01. The summed E-state index contributed by atoms with van der Waals surface area (Å²) in [4.78, 5) is 0. The molecule has 1 radical (unpaired) electrons. The van der Waals surface area contributed by atoms with E-state index in [9.17, 15) is 0 Å². The SMILES string of the molecule is CCCCCCCCC([CH]I)CCCCCC. The van der Waals surface area contributed by atoms with Gasteiger partial charge in [0.05, 0.1) is 0 Å². The predicted molar refractivity (Wildman–Crippen MR) is 88.6 cm³/mol. The van der Waals surface area contributed by atoms with Crippen LogP contribution in [0.25, 0.3) is 0 Å². The van der Waals surface area contributed by atoms with Crippen LogP contribution in [0.3, 0.4) is 0 Å². The van der Waals surface area contributed by atoms with E-state index in [-0.39, 0.29) is 0 Å². The van der Waals surface area contributed by atoms with Gasteiger partial charge in [0.15, 0.2) is 0 Å². The van der Waals surface area contributed by atoms with Gasteiger partial charge in [-0.05, 0) is 18.8 Å². The molecule has 0 heterocycles. The van der Waals surface area contributed by atoms with E-state index in [1.165, 1.54) is 77.0 Å². The van der Waals surface area contributed by atoms with Gasteiger partial charge in [0, 0.05) is 4.43 Å². The summed E-state index contributed by atoms with van der Waals surface area (Å²) in [6.45, 7) is 4.58. The Balaban J connectivity index is 3.28. The first-order valence-electron chi connectivity index (χ1n) is 7.78. The van der Waals surface area contributed by atoms with E-state index in [0.29, 0.717) is 0 Å². The van der Waals surface area contributed by atoms with Crippen LogP contribution in [0, 0.1) is 10.3 Å². The van der Waals surface area contributed by atoms with Crippen LogP contribution < -0.4 is 0 Å². The zero-order valence-electron chi connectivity index (χ0n) is 12.0. The second-order valence-corrected chi connectivity index (χ2v) is 6.01. The highest BCUT2D eigenvalue weighted by Gasteiger charge is 2.06. The lowest BCUT2D eigenvalue weighted by Gasteiger charge is -2.13. The third-order valence-electron chi connectivity index (χ3n) is 3.54. The summed E-state index contributed by atoms with van der Waals surface area (Å²) in [5, 5.41) is 0. The van der Waals surface area contributed by atoms with Crippen LogP contribution in [0.5, 0.6) is 0 Å². The Labute approximate surface area is 123 Å². The summed E-state index contributed by atoms with van der Waals surface area (Å²) >= 11 is 2.46. The van der Waals surface area contributed by atoms with Crippen molar-refractivity contribution in [3.63, 3.8) is 0 Å². The van der Waals surface area contributed by atoms with Crippen molar-refractivity contribution >= 4 is 22.6 Å². The van der Waals surface area contributed by atoms with Gasteiger partial charge in [0.25, 0.3) is 0 Å². The molecule has 0 N–H and O–H groups in total. The van der Waals surface area contributed by atoms with E-state index < -0.39 is 0 Å². The molecule has 0 fully saturated rings. The molecule has 103 valence electrons. The van der Waals surface area contributed by atoms with Gasteiger partial charge >= 0.3 is 0 Å². The van der Waals surface area contributed by atoms with Crippen LogP contribution >= 0.6 is 22.6 Å². The first-order valence-corrected chi connectivity index (χ1v) is 9.03. The lowest BCUT2D eigenvalue weighted by molar-refractivity contribution is 0.464. The van der Waals surface area contributed by atoms with E-state index >= 15 is 0 Å². The van der Waals surface area contributed by atoms with E-state index in [0.717, 1.165) is 5.92 Å². The smallest absolute Gasteiger partial charge is 0.0258 e. The quantitative estimate of drug-likeness (QED) is 0.249. The molecule has 0 aliphatic heterocycles. The molecule has 1 heteroatoms. The zero-order valence-corrected chi connectivity index (χ0v) is 14.2. The lowest BCUT2D eigenvalue weighted by atomic mass is 9.96. The fraction of sp³-hybridized carbons (Fsp3) is 0.938. The van der Waals surface area contributed by atoms with Crippen LogP contribution in [0.2, 0.25) is 0 Å². The van der Waals surface area contributed by atoms with Gasteiger partial charge in [-0.25, -0.2) is 0 Å². The molecular weight excluding hydrogens is 319 g/mol. The van der Waals surface area contributed by atoms with E-state index in [2.05, 4.69) is 40.9 Å². The molecular formula is C16H32I. The maximum atomic E-state index is 2.46. The third-order valence-corrected chi connectivity index (χ3v) is 4.55. The minimum atomic E-state index is 0.888. The average Bonchev–Trinajstić information content (AvgIpc) is 2.36. The summed E-state index contributed by atoms with van der Waals surface area (Å²) in [7, 11) is 0. The molecule has 1 unspecified atom stereocenters. The number of rotatable bonds is 13. The number of hydrogen-bond donors (Lipinski definition) is 0. The van der Waals surface area contributed by atoms with Gasteiger partial charge in [-0.15, -0.1) is 0 Å². The highest BCUT2D eigenvalue weighted by Crippen LogP contribution is 2.23. The molecule has 0 saturated carbocycles. The minimum Gasteiger partial charge on any atom is -0.0812 e. The molecule has 0 bridgehead atoms. The Hall–Kier alpha value is 0.730. The summed E-state index contributed by atoms with van der Waals surface area (Å²) < 4.78 is 2.41. The van der Waals surface area contributed by atoms with Crippen LogP contribution in [-0.2, 0) is 0 Å². The maximum absolute atomic E-state index is 2.46. The van der Waals surface area contributed by atoms with Gasteiger partial charge < -0.3 is 0 Å². The molecule has 17 heavy (non-hydrogen) atoms. The third kappa shape index (κ3) is 13.0. The van der Waals surface area contributed by atoms with Gasteiger partial charge in [0.1, 0.15) is 0 Å². The molecule has 0 amide bonds. The Morgan fingerprint density at radius 3 is 1.59 bits per heavy atom. The second kappa shape index (κ2) is 14.8. The largest absolute Gasteiger partial charge is 0.0812 e. The summed E-state index contributed by atoms with van der Waals surface area (Å²) in [6, 6.07) is 0. The van der Waals surface area contributed by atoms with Gasteiger partial charge in [0.2, 0.25) is 0 Å². The molecule has 0 aromatic carbocycles. The topological polar surface area (TPSA) is 0 Å². The van der Waals surface area contributed by atoms with Crippen molar-refractivity contribution in [1.82, 2.24) is 0 Å². The molecule has 0 aromatic heterocycles. The van der Waals surface area contributed by atoms with E-state index in [1.807, 2.05) is 0 Å². The van der Waals surface area contributed by atoms with Crippen LogP contribution in [-0.4, -0.2) is 0 Å². The summed E-state index contributed by atoms with van der Waals surface area (Å²) in [6.07, 6.45) is 17.1. The first-order chi connectivity index (χ1) is 8.35. The van der Waals surface area contributed by atoms with Crippen LogP contribution in [0.15, 0.2) is 0 Å². The standard InChI is InChI=1S/C16H32I/c1-3-5-7-9-10-12-14-16(15-17)13-11-8-6-4-2/h15-16H,3-14H2,1-2H3. The van der Waals surface area contributed by atoms with Gasteiger partial charge in [-0.2, -0.15) is 0 Å². The van der Waals surface area contributed by atoms with Crippen molar-refractivity contribution < 1.29 is 0 Å². The van der Waals surface area contributed by atoms with Crippen molar-refractivity contribution in [1.29, 1.82) is 0 Å². The molecule has 0 aromatic rings. The van der Waals surface area contributed by atoms with Crippen molar-refractivity contribution in [2.45, 2.75) is 90.9 Å². The highest BCUT2D eigenvalue weighted by molar-refractivity contribution is 14.1. The molecule has 0 spiro atoms. The molecule has 1 atom stereocenters.